The molecule has 104 valence electrons. The second-order valence-corrected chi connectivity index (χ2v) is 6.01. The van der Waals surface area contributed by atoms with Crippen molar-refractivity contribution < 1.29 is 13.4 Å². The van der Waals surface area contributed by atoms with E-state index in [0.717, 1.165) is 19.4 Å². The minimum atomic E-state index is -1.04. The lowest BCUT2D eigenvalue weighted by Gasteiger charge is -2.29. The fourth-order valence-corrected chi connectivity index (χ4v) is 2.94. The highest BCUT2D eigenvalue weighted by Crippen LogP contribution is 2.19. The van der Waals surface area contributed by atoms with Gasteiger partial charge in [0.1, 0.15) is 5.82 Å². The van der Waals surface area contributed by atoms with Crippen molar-refractivity contribution in [3.8, 4) is 0 Å². The van der Waals surface area contributed by atoms with Crippen molar-refractivity contribution in [3.05, 3.63) is 30.1 Å². The standard InChI is InChI=1S/C13H17FN2O2S/c1-19(18)16-8-2-3-10(9-16)13(17)15-12-6-4-11(14)5-7-12/h4-7,10H,2-3,8-9H2,1H3,(H,15,17). The van der Waals surface area contributed by atoms with Crippen LogP contribution in [-0.2, 0) is 15.8 Å². The van der Waals surface area contributed by atoms with Crippen LogP contribution in [0.4, 0.5) is 10.1 Å². The van der Waals surface area contributed by atoms with Crippen LogP contribution in [0.3, 0.4) is 0 Å². The first-order valence-electron chi connectivity index (χ1n) is 6.21. The van der Waals surface area contributed by atoms with Crippen LogP contribution in [0.25, 0.3) is 0 Å². The van der Waals surface area contributed by atoms with Crippen LogP contribution < -0.4 is 5.32 Å². The van der Waals surface area contributed by atoms with E-state index in [0.29, 0.717) is 12.2 Å². The van der Waals surface area contributed by atoms with Crippen LogP contribution in [-0.4, -0.2) is 33.8 Å². The Kier molecular flexibility index (Phi) is 4.66. The fourth-order valence-electron chi connectivity index (χ4n) is 2.17. The summed E-state index contributed by atoms with van der Waals surface area (Å²) in [7, 11) is -1.04. The lowest BCUT2D eigenvalue weighted by Crippen LogP contribution is -2.41. The maximum Gasteiger partial charge on any atom is 0.228 e. The molecule has 4 nitrogen and oxygen atoms in total. The molecule has 1 aromatic carbocycles. The lowest BCUT2D eigenvalue weighted by atomic mass is 9.99. The molecule has 6 heteroatoms. The normalized spacial score (nSPS) is 21.9. The molecule has 0 radical (unpaired) electrons. The molecule has 1 fully saturated rings. The number of carbonyl (C=O) groups excluding carboxylic acids is 1. The molecule has 1 aliphatic heterocycles. The van der Waals surface area contributed by atoms with Gasteiger partial charge in [0.2, 0.25) is 5.91 Å². The number of carbonyl (C=O) groups is 1. The summed E-state index contributed by atoms with van der Waals surface area (Å²) in [6.07, 6.45) is 3.28. The Morgan fingerprint density at radius 3 is 2.74 bits per heavy atom. The predicted octanol–water partition coefficient (Wildman–Crippen LogP) is 1.77. The largest absolute Gasteiger partial charge is 0.326 e. The zero-order valence-corrected chi connectivity index (χ0v) is 11.6. The van der Waals surface area contributed by atoms with Crippen molar-refractivity contribution in [2.45, 2.75) is 12.8 Å². The van der Waals surface area contributed by atoms with Crippen LogP contribution in [0.1, 0.15) is 12.8 Å². The van der Waals surface area contributed by atoms with Crippen LogP contribution in [0.5, 0.6) is 0 Å². The smallest absolute Gasteiger partial charge is 0.228 e. The molecule has 0 spiro atoms. The molecule has 0 saturated carbocycles. The second-order valence-electron chi connectivity index (χ2n) is 4.65. The van der Waals surface area contributed by atoms with Gasteiger partial charge in [-0.3, -0.25) is 4.79 Å². The SMILES string of the molecule is CS(=O)N1CCCC(C(=O)Nc2ccc(F)cc2)C1. The fraction of sp³-hybridized carbons (Fsp3) is 0.462. The number of piperidine rings is 1. The van der Waals surface area contributed by atoms with Gasteiger partial charge in [0.15, 0.2) is 0 Å². The molecule has 1 aromatic rings. The van der Waals surface area contributed by atoms with E-state index in [9.17, 15) is 13.4 Å². The maximum absolute atomic E-state index is 12.8. The Labute approximate surface area is 114 Å². The number of halogens is 1. The molecular weight excluding hydrogens is 267 g/mol. The van der Waals surface area contributed by atoms with E-state index in [1.165, 1.54) is 24.3 Å². The first kappa shape index (κ1) is 14.1. The minimum absolute atomic E-state index is 0.0956. The van der Waals surface area contributed by atoms with E-state index in [1.807, 2.05) is 0 Å². The summed E-state index contributed by atoms with van der Waals surface area (Å²) in [6.45, 7) is 1.28. The van der Waals surface area contributed by atoms with Gasteiger partial charge < -0.3 is 5.32 Å². The molecule has 1 aliphatic rings. The highest BCUT2D eigenvalue weighted by atomic mass is 32.2. The summed E-state index contributed by atoms with van der Waals surface area (Å²) in [5.41, 5.74) is 0.584. The summed E-state index contributed by atoms with van der Waals surface area (Å²) in [5, 5.41) is 2.77. The number of amides is 1. The third-order valence-electron chi connectivity index (χ3n) is 3.23. The summed E-state index contributed by atoms with van der Waals surface area (Å²) < 4.78 is 26.0. The topological polar surface area (TPSA) is 49.4 Å². The number of anilines is 1. The van der Waals surface area contributed by atoms with Crippen molar-refractivity contribution in [2.75, 3.05) is 24.7 Å². The van der Waals surface area contributed by atoms with Crippen molar-refractivity contribution in [3.63, 3.8) is 0 Å². The monoisotopic (exact) mass is 284 g/mol. The van der Waals surface area contributed by atoms with Crippen LogP contribution in [0.2, 0.25) is 0 Å². The molecule has 1 amide bonds. The van der Waals surface area contributed by atoms with Crippen molar-refractivity contribution in [1.82, 2.24) is 4.31 Å². The van der Waals surface area contributed by atoms with E-state index in [2.05, 4.69) is 5.32 Å². The van der Waals surface area contributed by atoms with E-state index in [-0.39, 0.29) is 17.6 Å². The van der Waals surface area contributed by atoms with Crippen LogP contribution in [0.15, 0.2) is 24.3 Å². The minimum Gasteiger partial charge on any atom is -0.326 e. The van der Waals surface area contributed by atoms with Crippen molar-refractivity contribution >= 4 is 22.6 Å². The summed E-state index contributed by atoms with van der Waals surface area (Å²) in [6, 6.07) is 5.69. The molecule has 1 N–H and O–H groups in total. The molecule has 19 heavy (non-hydrogen) atoms. The van der Waals surface area contributed by atoms with Gasteiger partial charge in [0.05, 0.1) is 16.9 Å². The maximum atomic E-state index is 12.8. The highest BCUT2D eigenvalue weighted by Gasteiger charge is 2.27. The number of rotatable bonds is 3. The average Bonchev–Trinajstić information content (AvgIpc) is 2.41. The lowest BCUT2D eigenvalue weighted by molar-refractivity contribution is -0.120. The van der Waals surface area contributed by atoms with Gasteiger partial charge in [-0.15, -0.1) is 0 Å². The molecule has 2 rings (SSSR count). The van der Waals surface area contributed by atoms with Gasteiger partial charge in [0.25, 0.3) is 0 Å². The van der Waals surface area contributed by atoms with E-state index in [4.69, 9.17) is 0 Å². The molecule has 0 aromatic heterocycles. The molecule has 2 atom stereocenters. The molecule has 2 unspecified atom stereocenters. The molecule has 0 aliphatic carbocycles. The summed E-state index contributed by atoms with van der Waals surface area (Å²) in [4.78, 5) is 12.1. The Morgan fingerprint density at radius 2 is 2.11 bits per heavy atom. The number of nitrogens with zero attached hydrogens (tertiary/aromatic N) is 1. The Bertz CT molecular complexity index is 478. The molecule has 1 heterocycles. The molecule has 1 saturated heterocycles. The zero-order valence-electron chi connectivity index (χ0n) is 10.8. The second kappa shape index (κ2) is 6.25. The third kappa shape index (κ3) is 3.84. The summed E-state index contributed by atoms with van der Waals surface area (Å²) in [5.74, 6) is -0.590. The number of nitrogens with one attached hydrogen (secondary N) is 1. The van der Waals surface area contributed by atoms with E-state index in [1.54, 1.807) is 10.6 Å². The highest BCUT2D eigenvalue weighted by molar-refractivity contribution is 7.81. The Balaban J connectivity index is 1.96. The van der Waals surface area contributed by atoms with E-state index < -0.39 is 11.0 Å². The van der Waals surface area contributed by atoms with Gasteiger partial charge in [-0.25, -0.2) is 12.9 Å². The number of benzene rings is 1. The zero-order chi connectivity index (χ0) is 13.8. The average molecular weight is 284 g/mol. The van der Waals surface area contributed by atoms with Gasteiger partial charge in [-0.1, -0.05) is 0 Å². The van der Waals surface area contributed by atoms with E-state index >= 15 is 0 Å². The Hall–Kier alpha value is -1.27. The third-order valence-corrected chi connectivity index (χ3v) is 4.29. The van der Waals surface area contributed by atoms with Gasteiger partial charge in [0, 0.05) is 25.0 Å². The number of hydrogen-bond acceptors (Lipinski definition) is 2. The Morgan fingerprint density at radius 1 is 1.42 bits per heavy atom. The van der Waals surface area contributed by atoms with Gasteiger partial charge in [-0.2, -0.15) is 0 Å². The molecular formula is C13H17FN2O2S. The van der Waals surface area contributed by atoms with Gasteiger partial charge >= 0.3 is 0 Å². The molecule has 0 bridgehead atoms. The first-order chi connectivity index (χ1) is 9.06. The van der Waals surface area contributed by atoms with Crippen molar-refractivity contribution in [2.24, 2.45) is 5.92 Å². The van der Waals surface area contributed by atoms with Crippen LogP contribution >= 0.6 is 0 Å². The van der Waals surface area contributed by atoms with Gasteiger partial charge in [-0.05, 0) is 37.1 Å². The number of hydrogen-bond donors (Lipinski definition) is 1. The summed E-state index contributed by atoms with van der Waals surface area (Å²) >= 11 is 0. The predicted molar refractivity (Wildman–Crippen MR) is 73.4 cm³/mol. The van der Waals surface area contributed by atoms with Crippen molar-refractivity contribution in [1.29, 1.82) is 0 Å². The quantitative estimate of drug-likeness (QED) is 0.919. The van der Waals surface area contributed by atoms with Crippen LogP contribution in [0, 0.1) is 11.7 Å². The first-order valence-corrected chi connectivity index (χ1v) is 7.72.